The Balaban J connectivity index is 1.43. The molecule has 2 saturated heterocycles. The van der Waals surface area contributed by atoms with Crippen LogP contribution in [0.15, 0.2) is 36.4 Å². The fourth-order valence-electron chi connectivity index (χ4n) is 6.05. The van der Waals surface area contributed by atoms with Crippen molar-refractivity contribution < 1.29 is 28.7 Å². The van der Waals surface area contributed by atoms with E-state index in [1.54, 1.807) is 36.4 Å². The van der Waals surface area contributed by atoms with E-state index in [1.807, 2.05) is 27.7 Å². The number of carbonyl (C=O) groups is 4. The van der Waals surface area contributed by atoms with Crippen LogP contribution in [0.3, 0.4) is 0 Å². The maximum Gasteiger partial charge on any atom is 0.233 e. The van der Waals surface area contributed by atoms with E-state index >= 15 is 0 Å². The molecule has 8 nitrogen and oxygen atoms in total. The third-order valence-corrected chi connectivity index (χ3v) is 8.82. The lowest BCUT2D eigenvalue weighted by Crippen LogP contribution is -2.54. The van der Waals surface area contributed by atoms with Crippen LogP contribution in [0.2, 0.25) is 0 Å². The summed E-state index contributed by atoms with van der Waals surface area (Å²) >= 11 is 0. The summed E-state index contributed by atoms with van der Waals surface area (Å²) in [7, 11) is 0. The van der Waals surface area contributed by atoms with E-state index < -0.39 is 22.6 Å². The standard InChI is InChI=1S/C32H38N2O6/c1-31(2,33-11-15-39-16-12-33)29(37)23-9-7-21-5-6-22-8-10-24(20-26(22)28(36)27(35)25(21)19-23)30(38)32(3,4)34-13-17-40-18-14-34/h7-10,19-20H,5-6,11-18H2,1-4H3. The zero-order valence-electron chi connectivity index (χ0n) is 23.9. The van der Waals surface area contributed by atoms with Crippen LogP contribution in [-0.2, 0) is 22.3 Å². The van der Waals surface area contributed by atoms with E-state index in [9.17, 15) is 19.2 Å². The molecule has 2 aliphatic heterocycles. The lowest BCUT2D eigenvalue weighted by molar-refractivity contribution is -0.00443. The number of ether oxygens (including phenoxy) is 2. The van der Waals surface area contributed by atoms with Crippen molar-refractivity contribution in [3.05, 3.63) is 69.8 Å². The van der Waals surface area contributed by atoms with Crippen molar-refractivity contribution in [1.82, 2.24) is 9.80 Å². The smallest absolute Gasteiger partial charge is 0.233 e. The Labute approximate surface area is 235 Å². The lowest BCUT2D eigenvalue weighted by atomic mass is 9.82. The highest BCUT2D eigenvalue weighted by molar-refractivity contribution is 6.50. The molecule has 2 heterocycles. The van der Waals surface area contributed by atoms with Gasteiger partial charge < -0.3 is 9.47 Å². The van der Waals surface area contributed by atoms with E-state index in [4.69, 9.17) is 9.47 Å². The van der Waals surface area contributed by atoms with Crippen molar-refractivity contribution in [3.8, 4) is 0 Å². The Morgan fingerprint density at radius 1 is 0.625 bits per heavy atom. The summed E-state index contributed by atoms with van der Waals surface area (Å²) in [6.45, 7) is 12.4. The number of hydrogen-bond acceptors (Lipinski definition) is 8. The topological polar surface area (TPSA) is 93.2 Å². The number of morpholine rings is 2. The molecular weight excluding hydrogens is 508 g/mol. The van der Waals surface area contributed by atoms with Crippen LogP contribution in [0.1, 0.15) is 80.3 Å². The van der Waals surface area contributed by atoms with E-state index in [2.05, 4.69) is 9.80 Å². The number of nitrogens with zero attached hydrogens (tertiary/aromatic N) is 2. The Bertz CT molecular complexity index is 1250. The summed E-state index contributed by atoms with van der Waals surface area (Å²) in [5, 5.41) is 0. The molecule has 8 heteroatoms. The fourth-order valence-corrected chi connectivity index (χ4v) is 6.05. The number of hydrogen-bond donors (Lipinski definition) is 0. The highest BCUT2D eigenvalue weighted by atomic mass is 16.5. The van der Waals surface area contributed by atoms with Crippen molar-refractivity contribution in [1.29, 1.82) is 0 Å². The Hall–Kier alpha value is -3.04. The van der Waals surface area contributed by atoms with Crippen LogP contribution >= 0.6 is 0 Å². The molecule has 2 fully saturated rings. The van der Waals surface area contributed by atoms with Gasteiger partial charge in [-0.1, -0.05) is 24.3 Å². The van der Waals surface area contributed by atoms with Gasteiger partial charge in [0.05, 0.1) is 37.5 Å². The molecule has 2 aromatic carbocycles. The molecular formula is C32H38N2O6. The van der Waals surface area contributed by atoms with E-state index in [0.717, 1.165) is 11.1 Å². The van der Waals surface area contributed by atoms with Gasteiger partial charge in [0.25, 0.3) is 0 Å². The molecule has 0 spiro atoms. The van der Waals surface area contributed by atoms with Gasteiger partial charge in [0, 0.05) is 48.4 Å². The maximum absolute atomic E-state index is 13.6. The first-order valence-electron chi connectivity index (χ1n) is 14.1. The predicted molar refractivity (Wildman–Crippen MR) is 151 cm³/mol. The zero-order chi connectivity index (χ0) is 28.7. The first-order chi connectivity index (χ1) is 19.0. The minimum atomic E-state index is -0.776. The molecule has 2 aromatic rings. The van der Waals surface area contributed by atoms with Gasteiger partial charge in [-0.05, 0) is 63.8 Å². The highest BCUT2D eigenvalue weighted by Crippen LogP contribution is 2.29. The van der Waals surface area contributed by atoms with Crippen LogP contribution in [0.4, 0.5) is 0 Å². The van der Waals surface area contributed by atoms with Crippen molar-refractivity contribution in [2.24, 2.45) is 0 Å². The van der Waals surface area contributed by atoms with Gasteiger partial charge in [0.1, 0.15) is 0 Å². The van der Waals surface area contributed by atoms with Gasteiger partial charge in [-0.3, -0.25) is 29.0 Å². The van der Waals surface area contributed by atoms with Crippen molar-refractivity contribution in [2.75, 3.05) is 52.6 Å². The molecule has 0 saturated carbocycles. The second-order valence-electron chi connectivity index (χ2n) is 11.9. The van der Waals surface area contributed by atoms with Crippen molar-refractivity contribution >= 4 is 23.1 Å². The van der Waals surface area contributed by atoms with Gasteiger partial charge in [-0.2, -0.15) is 0 Å². The summed E-state index contributed by atoms with van der Waals surface area (Å²) in [6, 6.07) is 10.3. The summed E-state index contributed by atoms with van der Waals surface area (Å²) in [5.41, 5.74) is 1.30. The zero-order valence-corrected chi connectivity index (χ0v) is 23.9. The van der Waals surface area contributed by atoms with E-state index in [-0.39, 0.29) is 22.7 Å². The number of ketones is 4. The quantitative estimate of drug-likeness (QED) is 0.402. The maximum atomic E-state index is 13.6. The molecule has 40 heavy (non-hydrogen) atoms. The number of carbonyl (C=O) groups excluding carboxylic acids is 4. The van der Waals surface area contributed by atoms with Gasteiger partial charge in [0.2, 0.25) is 11.6 Å². The average Bonchev–Trinajstić information content (AvgIpc) is 2.98. The van der Waals surface area contributed by atoms with Crippen LogP contribution in [0.25, 0.3) is 0 Å². The van der Waals surface area contributed by atoms with E-state index in [1.165, 1.54) is 0 Å². The van der Waals surface area contributed by atoms with Gasteiger partial charge >= 0.3 is 0 Å². The first-order valence-corrected chi connectivity index (χ1v) is 14.1. The lowest BCUT2D eigenvalue weighted by Gasteiger charge is -2.39. The second-order valence-corrected chi connectivity index (χ2v) is 11.9. The molecule has 0 unspecified atom stereocenters. The number of Topliss-reactive ketones (excluding diaryl/α,β-unsaturated/α-hetero) is 4. The molecule has 0 N–H and O–H groups in total. The van der Waals surface area contributed by atoms with Crippen LogP contribution in [0.5, 0.6) is 0 Å². The molecule has 0 aromatic heterocycles. The summed E-state index contributed by atoms with van der Waals surface area (Å²) in [6.07, 6.45) is 1.10. The largest absolute Gasteiger partial charge is 0.379 e. The van der Waals surface area contributed by atoms with Crippen LogP contribution < -0.4 is 0 Å². The van der Waals surface area contributed by atoms with Crippen molar-refractivity contribution in [3.63, 3.8) is 0 Å². The molecule has 0 bridgehead atoms. The SMILES string of the molecule is CC(C)(C(=O)c1ccc2c(c1)C(=O)C(=O)c1cc(C(=O)C(C)(C)N3CCOCC3)ccc1CC2)N1CCOCC1. The Kier molecular flexibility index (Phi) is 7.90. The van der Waals surface area contributed by atoms with Gasteiger partial charge in [0.15, 0.2) is 11.6 Å². The molecule has 1 aliphatic carbocycles. The predicted octanol–water partition coefficient (Wildman–Crippen LogP) is 3.44. The molecule has 3 aliphatic rings. The highest BCUT2D eigenvalue weighted by Gasteiger charge is 2.38. The Morgan fingerprint density at radius 2 is 0.975 bits per heavy atom. The monoisotopic (exact) mass is 546 g/mol. The number of aryl methyl sites for hydroxylation is 2. The van der Waals surface area contributed by atoms with Crippen LogP contribution in [0, 0.1) is 0 Å². The minimum absolute atomic E-state index is 0.0989. The van der Waals surface area contributed by atoms with Gasteiger partial charge in [-0.25, -0.2) is 0 Å². The molecule has 212 valence electrons. The molecule has 5 rings (SSSR count). The van der Waals surface area contributed by atoms with E-state index in [0.29, 0.717) is 76.6 Å². The third-order valence-electron chi connectivity index (χ3n) is 8.82. The second kappa shape index (κ2) is 11.1. The minimum Gasteiger partial charge on any atom is -0.379 e. The summed E-state index contributed by atoms with van der Waals surface area (Å²) in [4.78, 5) is 58.6. The van der Waals surface area contributed by atoms with Crippen molar-refractivity contribution in [2.45, 2.75) is 51.6 Å². The summed E-state index contributed by atoms with van der Waals surface area (Å²) < 4.78 is 10.9. The third kappa shape index (κ3) is 5.21. The molecule has 0 amide bonds. The number of benzene rings is 2. The van der Waals surface area contributed by atoms with Crippen LogP contribution in [-0.4, -0.2) is 96.6 Å². The summed E-state index contributed by atoms with van der Waals surface area (Å²) in [5.74, 6) is -1.49. The Morgan fingerprint density at radius 3 is 1.32 bits per heavy atom. The normalized spacial score (nSPS) is 19.4. The molecule has 0 atom stereocenters. The average molecular weight is 547 g/mol. The fraction of sp³-hybridized carbons (Fsp3) is 0.500. The van der Waals surface area contributed by atoms with Gasteiger partial charge in [-0.15, -0.1) is 0 Å². The number of fused-ring (bicyclic) bond motifs is 2. The molecule has 0 radical (unpaired) electrons. The number of rotatable bonds is 6. The first kappa shape index (κ1) is 28.5.